The van der Waals surface area contributed by atoms with Gasteiger partial charge in [-0.25, -0.2) is 0 Å². The fraction of sp³-hybridized carbons (Fsp3) is 0.600. The molecule has 0 saturated carbocycles. The normalized spacial score (nSPS) is 19.0. The zero-order valence-corrected chi connectivity index (χ0v) is 18.2. The summed E-state index contributed by atoms with van der Waals surface area (Å²) in [7, 11) is 0. The van der Waals surface area contributed by atoms with Crippen molar-refractivity contribution < 1.29 is 19.1 Å². The number of carbonyl (C=O) groups excluding carboxylic acids is 2. The van der Waals surface area contributed by atoms with E-state index in [4.69, 9.17) is 9.47 Å². The molecule has 2 rings (SSSR count). The molecule has 0 bridgehead atoms. The smallest absolute Gasteiger partial charge is 0.310 e. The number of allylic oxidation sites excluding steroid dienone is 2. The zero-order chi connectivity index (χ0) is 21.1. The summed E-state index contributed by atoms with van der Waals surface area (Å²) in [4.78, 5) is 25.3. The molecule has 160 valence electrons. The monoisotopic (exact) mass is 400 g/mol. The minimum atomic E-state index is -0.457. The first-order valence-corrected chi connectivity index (χ1v) is 11.0. The Bertz CT molecular complexity index is 663. The van der Waals surface area contributed by atoms with Gasteiger partial charge in [0.1, 0.15) is 6.61 Å². The number of hydrogen-bond acceptors (Lipinski definition) is 4. The lowest BCUT2D eigenvalue weighted by Crippen LogP contribution is -2.34. The Hall–Kier alpha value is -2.10. The molecular formula is C25H36O4. The van der Waals surface area contributed by atoms with Gasteiger partial charge in [0.05, 0.1) is 18.4 Å². The van der Waals surface area contributed by atoms with Crippen LogP contribution < -0.4 is 0 Å². The van der Waals surface area contributed by atoms with Crippen LogP contribution in [0.4, 0.5) is 0 Å². The highest BCUT2D eigenvalue weighted by Crippen LogP contribution is 2.32. The number of rotatable bonds is 11. The molecule has 29 heavy (non-hydrogen) atoms. The van der Waals surface area contributed by atoms with Gasteiger partial charge in [-0.05, 0) is 37.7 Å². The minimum absolute atomic E-state index is 0.233. The van der Waals surface area contributed by atoms with E-state index in [2.05, 4.69) is 13.8 Å². The molecule has 0 spiro atoms. The highest BCUT2D eigenvalue weighted by Gasteiger charge is 2.37. The maximum Gasteiger partial charge on any atom is 0.310 e. The second-order valence-corrected chi connectivity index (χ2v) is 8.56. The van der Waals surface area contributed by atoms with Crippen LogP contribution in [0.2, 0.25) is 0 Å². The molecule has 0 radical (unpaired) electrons. The molecule has 1 aliphatic carbocycles. The Morgan fingerprint density at radius 3 is 2.38 bits per heavy atom. The van der Waals surface area contributed by atoms with Crippen molar-refractivity contribution in [1.29, 1.82) is 0 Å². The first-order chi connectivity index (χ1) is 14.0. The average molecular weight is 401 g/mol. The molecule has 0 N–H and O–H groups in total. The van der Waals surface area contributed by atoms with E-state index in [1.165, 1.54) is 19.3 Å². The Labute approximate surface area is 175 Å². The van der Waals surface area contributed by atoms with E-state index in [0.717, 1.165) is 29.9 Å². The number of unbranched alkanes of at least 4 members (excludes halogenated alkanes) is 3. The van der Waals surface area contributed by atoms with Crippen LogP contribution >= 0.6 is 0 Å². The second-order valence-electron chi connectivity index (χ2n) is 8.56. The van der Waals surface area contributed by atoms with E-state index in [0.29, 0.717) is 19.4 Å². The molecule has 0 aromatic heterocycles. The van der Waals surface area contributed by atoms with E-state index in [1.807, 2.05) is 43.3 Å². The summed E-state index contributed by atoms with van der Waals surface area (Å²) in [6, 6.07) is 9.60. The summed E-state index contributed by atoms with van der Waals surface area (Å²) in [5, 5.41) is 0. The van der Waals surface area contributed by atoms with E-state index in [9.17, 15) is 9.59 Å². The number of ether oxygens (including phenoxy) is 2. The fourth-order valence-electron chi connectivity index (χ4n) is 3.70. The summed E-state index contributed by atoms with van der Waals surface area (Å²) >= 11 is 0. The maximum absolute atomic E-state index is 12.7. The van der Waals surface area contributed by atoms with Crippen LogP contribution in [0.25, 0.3) is 0 Å². The van der Waals surface area contributed by atoms with Crippen molar-refractivity contribution >= 4 is 11.9 Å². The van der Waals surface area contributed by atoms with Crippen molar-refractivity contribution in [2.45, 2.75) is 72.3 Å². The Balaban J connectivity index is 1.78. The zero-order valence-electron chi connectivity index (χ0n) is 18.2. The molecule has 1 aromatic rings. The molecule has 0 amide bonds. The number of carbonyl (C=O) groups is 2. The lowest BCUT2D eigenvalue weighted by molar-refractivity contribution is -0.162. The average Bonchev–Trinajstić information content (AvgIpc) is 2.71. The quantitative estimate of drug-likeness (QED) is 0.265. The molecule has 0 aliphatic heterocycles. The Morgan fingerprint density at radius 2 is 1.66 bits per heavy atom. The van der Waals surface area contributed by atoms with Crippen LogP contribution in [0.1, 0.15) is 71.3 Å². The van der Waals surface area contributed by atoms with E-state index >= 15 is 0 Å². The molecule has 0 saturated heterocycles. The predicted molar refractivity (Wildman–Crippen MR) is 115 cm³/mol. The number of hydrogen-bond donors (Lipinski definition) is 0. The van der Waals surface area contributed by atoms with Crippen molar-refractivity contribution in [3.05, 3.63) is 47.5 Å². The minimum Gasteiger partial charge on any atom is -0.465 e. The van der Waals surface area contributed by atoms with Crippen LogP contribution in [0.3, 0.4) is 0 Å². The molecule has 0 fully saturated rings. The lowest BCUT2D eigenvalue weighted by Gasteiger charge is -2.27. The van der Waals surface area contributed by atoms with Gasteiger partial charge in [-0.1, -0.05) is 81.5 Å². The first kappa shape index (κ1) is 23.2. The van der Waals surface area contributed by atoms with E-state index in [-0.39, 0.29) is 18.5 Å². The van der Waals surface area contributed by atoms with Crippen molar-refractivity contribution in [1.82, 2.24) is 0 Å². The van der Waals surface area contributed by atoms with E-state index < -0.39 is 11.8 Å². The lowest BCUT2D eigenvalue weighted by atomic mass is 9.80. The Kier molecular flexibility index (Phi) is 9.96. The van der Waals surface area contributed by atoms with Crippen LogP contribution in [0.15, 0.2) is 42.0 Å². The Morgan fingerprint density at radius 1 is 0.966 bits per heavy atom. The van der Waals surface area contributed by atoms with Gasteiger partial charge < -0.3 is 9.47 Å². The van der Waals surface area contributed by atoms with Gasteiger partial charge in [0.2, 0.25) is 0 Å². The highest BCUT2D eigenvalue weighted by molar-refractivity contribution is 5.83. The molecular weight excluding hydrogens is 364 g/mol. The fourth-order valence-corrected chi connectivity index (χ4v) is 3.70. The van der Waals surface area contributed by atoms with Gasteiger partial charge in [-0.2, -0.15) is 0 Å². The van der Waals surface area contributed by atoms with Gasteiger partial charge >= 0.3 is 11.9 Å². The molecule has 4 nitrogen and oxygen atoms in total. The van der Waals surface area contributed by atoms with Crippen molar-refractivity contribution in [2.75, 3.05) is 6.61 Å². The predicted octanol–water partition coefficient (Wildman–Crippen LogP) is 5.85. The summed E-state index contributed by atoms with van der Waals surface area (Å²) in [5.41, 5.74) is 2.08. The summed E-state index contributed by atoms with van der Waals surface area (Å²) in [6.45, 7) is 7.15. The van der Waals surface area contributed by atoms with Crippen LogP contribution in [-0.2, 0) is 25.7 Å². The van der Waals surface area contributed by atoms with Gasteiger partial charge in [-0.3, -0.25) is 9.59 Å². The number of benzene rings is 1. The SMILES string of the molecule is CC1=CCC(C(=O)OCc2ccccc2)C(C(=O)OCCCCCCC(C)C)C1. The summed E-state index contributed by atoms with van der Waals surface area (Å²) < 4.78 is 11.0. The van der Waals surface area contributed by atoms with Crippen LogP contribution in [0.5, 0.6) is 0 Å². The molecule has 2 unspecified atom stereocenters. The third-order valence-corrected chi connectivity index (χ3v) is 5.50. The van der Waals surface area contributed by atoms with Crippen molar-refractivity contribution in [2.24, 2.45) is 17.8 Å². The largest absolute Gasteiger partial charge is 0.465 e. The number of esters is 2. The highest BCUT2D eigenvalue weighted by atomic mass is 16.5. The molecule has 1 aromatic carbocycles. The third kappa shape index (κ3) is 8.43. The molecule has 0 heterocycles. The van der Waals surface area contributed by atoms with Gasteiger partial charge in [-0.15, -0.1) is 0 Å². The van der Waals surface area contributed by atoms with Gasteiger partial charge in [0.25, 0.3) is 0 Å². The van der Waals surface area contributed by atoms with Crippen LogP contribution in [0, 0.1) is 17.8 Å². The second kappa shape index (κ2) is 12.5. The first-order valence-electron chi connectivity index (χ1n) is 11.0. The van der Waals surface area contributed by atoms with Crippen LogP contribution in [-0.4, -0.2) is 18.5 Å². The van der Waals surface area contributed by atoms with Crippen molar-refractivity contribution in [3.63, 3.8) is 0 Å². The maximum atomic E-state index is 12.7. The van der Waals surface area contributed by atoms with Crippen molar-refractivity contribution in [3.8, 4) is 0 Å². The molecule has 2 atom stereocenters. The van der Waals surface area contributed by atoms with E-state index in [1.54, 1.807) is 0 Å². The molecule has 4 heteroatoms. The standard InChI is InChI=1S/C25H36O4/c1-19(2)11-7-4-5-10-16-28-25(27)23-17-20(3)14-15-22(23)24(26)29-18-21-12-8-6-9-13-21/h6,8-9,12-14,19,22-23H,4-5,7,10-11,15-18H2,1-3H3. The topological polar surface area (TPSA) is 52.6 Å². The van der Waals surface area contributed by atoms with Gasteiger partial charge in [0, 0.05) is 0 Å². The molecule has 1 aliphatic rings. The summed E-state index contributed by atoms with van der Waals surface area (Å²) in [6.07, 6.45) is 8.75. The van der Waals surface area contributed by atoms with Gasteiger partial charge in [0.15, 0.2) is 0 Å². The summed E-state index contributed by atoms with van der Waals surface area (Å²) in [5.74, 6) is -0.728. The third-order valence-electron chi connectivity index (χ3n) is 5.50.